The minimum atomic E-state index is -0.323. The molecule has 2 aromatic heterocycles. The summed E-state index contributed by atoms with van der Waals surface area (Å²) in [6.07, 6.45) is 3.88. The SMILES string of the molecule is CCC(=O)Nc1cc(-c2cn(Cc3cccc(C#N)c3)nc2-c2ccc(F)cc2)ccn1. The Kier molecular flexibility index (Phi) is 6.04. The molecule has 158 valence electrons. The van der Waals surface area contributed by atoms with E-state index in [2.05, 4.69) is 16.4 Å². The van der Waals surface area contributed by atoms with E-state index in [4.69, 9.17) is 10.4 Å². The number of amides is 1. The molecule has 0 atom stereocenters. The average Bonchev–Trinajstić information content (AvgIpc) is 3.23. The van der Waals surface area contributed by atoms with E-state index < -0.39 is 0 Å². The number of hydrogen-bond donors (Lipinski definition) is 1. The fourth-order valence-electron chi connectivity index (χ4n) is 3.36. The zero-order chi connectivity index (χ0) is 22.5. The standard InChI is InChI=1S/C25H20FN5O/c1-2-24(32)29-23-13-20(10-11-28-23)22-16-31(15-18-5-3-4-17(12-18)14-27)30-25(22)19-6-8-21(26)9-7-19/h3-13,16H,2,15H2,1H3,(H,28,29,32). The Labute approximate surface area is 185 Å². The maximum absolute atomic E-state index is 13.5. The van der Waals surface area contributed by atoms with E-state index in [1.54, 1.807) is 42.1 Å². The van der Waals surface area contributed by atoms with Gasteiger partial charge < -0.3 is 5.32 Å². The molecule has 0 unspecified atom stereocenters. The van der Waals surface area contributed by atoms with Gasteiger partial charge in [-0.15, -0.1) is 0 Å². The van der Waals surface area contributed by atoms with Crippen molar-refractivity contribution in [1.29, 1.82) is 5.26 Å². The molecular formula is C25H20FN5O. The van der Waals surface area contributed by atoms with Crippen LogP contribution in [0, 0.1) is 17.1 Å². The van der Waals surface area contributed by atoms with E-state index in [1.165, 1.54) is 12.1 Å². The number of carbonyl (C=O) groups excluding carboxylic acids is 1. The highest BCUT2D eigenvalue weighted by atomic mass is 19.1. The molecule has 0 fully saturated rings. The minimum Gasteiger partial charge on any atom is -0.311 e. The summed E-state index contributed by atoms with van der Waals surface area (Å²) in [5.74, 6) is 0.00637. The Balaban J connectivity index is 1.76. The predicted octanol–water partition coefficient (Wildman–Crippen LogP) is 5.02. The van der Waals surface area contributed by atoms with Crippen molar-refractivity contribution in [2.45, 2.75) is 19.9 Å². The molecule has 6 nitrogen and oxygen atoms in total. The first-order chi connectivity index (χ1) is 15.6. The lowest BCUT2D eigenvalue weighted by Crippen LogP contribution is -2.10. The highest BCUT2D eigenvalue weighted by Crippen LogP contribution is 2.32. The van der Waals surface area contributed by atoms with Crippen molar-refractivity contribution in [1.82, 2.24) is 14.8 Å². The maximum Gasteiger partial charge on any atom is 0.225 e. The zero-order valence-electron chi connectivity index (χ0n) is 17.4. The second-order valence-electron chi connectivity index (χ2n) is 7.24. The van der Waals surface area contributed by atoms with Crippen LogP contribution in [0.3, 0.4) is 0 Å². The van der Waals surface area contributed by atoms with Gasteiger partial charge in [-0.3, -0.25) is 9.48 Å². The van der Waals surface area contributed by atoms with Crippen LogP contribution in [0.25, 0.3) is 22.4 Å². The molecule has 0 aliphatic heterocycles. The summed E-state index contributed by atoms with van der Waals surface area (Å²) in [4.78, 5) is 16.0. The molecule has 7 heteroatoms. The highest BCUT2D eigenvalue weighted by Gasteiger charge is 2.15. The van der Waals surface area contributed by atoms with Crippen LogP contribution in [-0.2, 0) is 11.3 Å². The number of halogens is 1. The normalized spacial score (nSPS) is 10.5. The molecule has 2 aromatic carbocycles. The lowest BCUT2D eigenvalue weighted by Gasteiger charge is -2.06. The molecule has 0 aliphatic carbocycles. The summed E-state index contributed by atoms with van der Waals surface area (Å²) in [5, 5.41) is 16.7. The van der Waals surface area contributed by atoms with Crippen LogP contribution < -0.4 is 5.32 Å². The molecule has 0 spiro atoms. The fourth-order valence-corrected chi connectivity index (χ4v) is 3.36. The number of aromatic nitrogens is 3. The predicted molar refractivity (Wildman–Crippen MR) is 120 cm³/mol. The van der Waals surface area contributed by atoms with Gasteiger partial charge in [0.1, 0.15) is 17.3 Å². The van der Waals surface area contributed by atoms with Gasteiger partial charge >= 0.3 is 0 Å². The van der Waals surface area contributed by atoms with E-state index in [-0.39, 0.29) is 11.7 Å². The van der Waals surface area contributed by atoms with Crippen molar-refractivity contribution in [2.24, 2.45) is 0 Å². The third kappa shape index (κ3) is 4.71. The number of rotatable bonds is 6. The number of nitriles is 1. The largest absolute Gasteiger partial charge is 0.311 e. The Morgan fingerprint density at radius 2 is 1.94 bits per heavy atom. The van der Waals surface area contributed by atoms with Crippen molar-refractivity contribution < 1.29 is 9.18 Å². The molecular weight excluding hydrogens is 405 g/mol. The van der Waals surface area contributed by atoms with Crippen LogP contribution in [-0.4, -0.2) is 20.7 Å². The quantitative estimate of drug-likeness (QED) is 0.470. The van der Waals surface area contributed by atoms with Crippen molar-refractivity contribution in [3.05, 3.63) is 90.0 Å². The molecule has 2 heterocycles. The second kappa shape index (κ2) is 9.23. The lowest BCUT2D eigenvalue weighted by molar-refractivity contribution is -0.115. The highest BCUT2D eigenvalue weighted by molar-refractivity contribution is 5.90. The van der Waals surface area contributed by atoms with E-state index >= 15 is 0 Å². The monoisotopic (exact) mass is 425 g/mol. The Morgan fingerprint density at radius 1 is 1.12 bits per heavy atom. The first kappa shape index (κ1) is 20.9. The summed E-state index contributed by atoms with van der Waals surface area (Å²) in [6, 6.07) is 19.3. The Bertz CT molecular complexity index is 1300. The third-order valence-electron chi connectivity index (χ3n) is 4.94. The molecule has 0 bridgehead atoms. The zero-order valence-corrected chi connectivity index (χ0v) is 17.4. The number of carbonyl (C=O) groups is 1. The van der Waals surface area contributed by atoms with Crippen molar-refractivity contribution in [3.8, 4) is 28.5 Å². The van der Waals surface area contributed by atoms with Gasteiger partial charge in [0.05, 0.1) is 18.2 Å². The van der Waals surface area contributed by atoms with Crippen LogP contribution in [0.2, 0.25) is 0 Å². The number of nitrogens with one attached hydrogen (secondary N) is 1. The topological polar surface area (TPSA) is 83.6 Å². The summed E-state index contributed by atoms with van der Waals surface area (Å²) in [7, 11) is 0. The molecule has 1 amide bonds. The minimum absolute atomic E-state index is 0.124. The van der Waals surface area contributed by atoms with Crippen molar-refractivity contribution in [3.63, 3.8) is 0 Å². The first-order valence-electron chi connectivity index (χ1n) is 10.1. The van der Waals surface area contributed by atoms with Gasteiger partial charge in [0.2, 0.25) is 5.91 Å². The smallest absolute Gasteiger partial charge is 0.225 e. The van der Waals surface area contributed by atoms with Crippen molar-refractivity contribution >= 4 is 11.7 Å². The van der Waals surface area contributed by atoms with Crippen molar-refractivity contribution in [2.75, 3.05) is 5.32 Å². The van der Waals surface area contributed by atoms with Gasteiger partial charge in [-0.25, -0.2) is 9.37 Å². The Morgan fingerprint density at radius 3 is 2.69 bits per heavy atom. The van der Waals surface area contributed by atoms with Gasteiger partial charge in [-0.05, 0) is 59.7 Å². The van der Waals surface area contributed by atoms with Crippen LogP contribution in [0.5, 0.6) is 0 Å². The molecule has 0 radical (unpaired) electrons. The van der Waals surface area contributed by atoms with Gasteiger partial charge in [0.25, 0.3) is 0 Å². The summed E-state index contributed by atoms with van der Waals surface area (Å²) in [5.41, 5.74) is 4.61. The molecule has 0 saturated carbocycles. The average molecular weight is 425 g/mol. The van der Waals surface area contributed by atoms with Gasteiger partial charge in [-0.1, -0.05) is 19.1 Å². The molecule has 4 rings (SSSR count). The van der Waals surface area contributed by atoms with Gasteiger partial charge in [0.15, 0.2) is 0 Å². The molecule has 32 heavy (non-hydrogen) atoms. The molecule has 0 saturated heterocycles. The van der Waals surface area contributed by atoms with Crippen LogP contribution in [0.4, 0.5) is 10.2 Å². The van der Waals surface area contributed by atoms with E-state index in [0.717, 1.165) is 22.3 Å². The summed E-state index contributed by atoms with van der Waals surface area (Å²) >= 11 is 0. The second-order valence-corrected chi connectivity index (χ2v) is 7.24. The number of anilines is 1. The summed E-state index contributed by atoms with van der Waals surface area (Å²) < 4.78 is 15.3. The number of pyridine rings is 1. The number of nitrogens with zero attached hydrogens (tertiary/aromatic N) is 4. The third-order valence-corrected chi connectivity index (χ3v) is 4.94. The molecule has 1 N–H and O–H groups in total. The van der Waals surface area contributed by atoms with E-state index in [9.17, 15) is 9.18 Å². The van der Waals surface area contributed by atoms with Crippen LogP contribution >= 0.6 is 0 Å². The maximum atomic E-state index is 13.5. The lowest BCUT2D eigenvalue weighted by atomic mass is 10.0. The first-order valence-corrected chi connectivity index (χ1v) is 10.1. The van der Waals surface area contributed by atoms with Gasteiger partial charge in [0, 0.05) is 29.9 Å². The van der Waals surface area contributed by atoms with Gasteiger partial charge in [-0.2, -0.15) is 10.4 Å². The van der Waals surface area contributed by atoms with Crippen LogP contribution in [0.15, 0.2) is 73.1 Å². The molecule has 4 aromatic rings. The molecule has 0 aliphatic rings. The van der Waals surface area contributed by atoms with E-state index in [0.29, 0.717) is 30.0 Å². The fraction of sp³-hybridized carbons (Fsp3) is 0.120. The summed E-state index contributed by atoms with van der Waals surface area (Å²) in [6.45, 7) is 2.24. The number of benzene rings is 2. The van der Waals surface area contributed by atoms with E-state index in [1.807, 2.05) is 30.5 Å². The van der Waals surface area contributed by atoms with Crippen LogP contribution in [0.1, 0.15) is 24.5 Å². The number of hydrogen-bond acceptors (Lipinski definition) is 4. The Hall–Kier alpha value is -4.31.